The number of fused-ring (bicyclic) bond motifs is 3. The van der Waals surface area contributed by atoms with Crippen molar-refractivity contribution >= 4 is 11.4 Å². The number of nitrogens with one attached hydrogen (secondary N) is 1. The van der Waals surface area contributed by atoms with Gasteiger partial charge in [0.1, 0.15) is 5.75 Å². The molecule has 0 saturated heterocycles. The highest BCUT2D eigenvalue weighted by atomic mass is 16.6. The molecule has 1 aliphatic heterocycles. The third-order valence-corrected chi connectivity index (χ3v) is 5.11. The molecule has 0 spiro atoms. The minimum Gasteiger partial charge on any atom is -0.494 e. The summed E-state index contributed by atoms with van der Waals surface area (Å²) in [4.78, 5) is 10.5. The molecule has 5 nitrogen and oxygen atoms in total. The van der Waals surface area contributed by atoms with Gasteiger partial charge in [-0.05, 0) is 48.6 Å². The van der Waals surface area contributed by atoms with Gasteiger partial charge in [0.05, 0.1) is 17.6 Å². The van der Waals surface area contributed by atoms with Crippen LogP contribution in [0.2, 0.25) is 0 Å². The van der Waals surface area contributed by atoms with Gasteiger partial charge in [-0.2, -0.15) is 0 Å². The van der Waals surface area contributed by atoms with Gasteiger partial charge in [0.25, 0.3) is 5.69 Å². The van der Waals surface area contributed by atoms with Crippen LogP contribution < -0.4 is 10.1 Å². The molecular weight excluding hydrogens is 316 g/mol. The molecule has 25 heavy (non-hydrogen) atoms. The fraction of sp³-hybridized carbons (Fsp3) is 0.300. The zero-order valence-electron chi connectivity index (χ0n) is 14.0. The van der Waals surface area contributed by atoms with E-state index >= 15 is 0 Å². The predicted octanol–water partition coefficient (Wildman–Crippen LogP) is 4.82. The Hall–Kier alpha value is -2.82. The molecule has 1 heterocycles. The lowest BCUT2D eigenvalue weighted by Crippen LogP contribution is -2.29. The zero-order chi connectivity index (χ0) is 17.4. The van der Waals surface area contributed by atoms with Crippen molar-refractivity contribution in [1.82, 2.24) is 0 Å². The largest absolute Gasteiger partial charge is 0.494 e. The Morgan fingerprint density at radius 1 is 1.24 bits per heavy atom. The summed E-state index contributed by atoms with van der Waals surface area (Å²) in [6.07, 6.45) is 5.51. The van der Waals surface area contributed by atoms with Crippen molar-refractivity contribution in [2.75, 3.05) is 11.9 Å². The average Bonchev–Trinajstić information content (AvgIpc) is 3.11. The Morgan fingerprint density at radius 2 is 2.04 bits per heavy atom. The Morgan fingerprint density at radius 3 is 2.76 bits per heavy atom. The summed E-state index contributed by atoms with van der Waals surface area (Å²) in [6.45, 7) is 2.64. The average molecular weight is 336 g/mol. The Labute approximate surface area is 146 Å². The fourth-order valence-corrected chi connectivity index (χ4v) is 3.96. The molecule has 0 unspecified atom stereocenters. The van der Waals surface area contributed by atoms with Crippen LogP contribution in [-0.4, -0.2) is 11.5 Å². The van der Waals surface area contributed by atoms with Gasteiger partial charge in [-0.25, -0.2) is 0 Å². The second kappa shape index (κ2) is 6.24. The first-order valence-electron chi connectivity index (χ1n) is 8.61. The molecule has 0 bridgehead atoms. The van der Waals surface area contributed by atoms with Crippen LogP contribution in [0.4, 0.5) is 11.4 Å². The molecule has 5 heteroatoms. The molecule has 0 saturated carbocycles. The molecule has 2 aromatic carbocycles. The number of allylic oxidation sites excluding steroid dienone is 2. The second-order valence-electron chi connectivity index (χ2n) is 6.51. The SMILES string of the molecule is CCOc1ccc2c(c1)[C@@H]1C=CC[C@H]1[C@@H](c1ccc([N+](=O)[O-])cc1)N2. The van der Waals surface area contributed by atoms with E-state index in [2.05, 4.69) is 29.6 Å². The molecule has 1 aliphatic carbocycles. The van der Waals surface area contributed by atoms with E-state index < -0.39 is 0 Å². The van der Waals surface area contributed by atoms with E-state index in [0.29, 0.717) is 18.4 Å². The molecule has 0 amide bonds. The van der Waals surface area contributed by atoms with E-state index in [-0.39, 0.29) is 16.7 Å². The van der Waals surface area contributed by atoms with Crippen LogP contribution in [0.5, 0.6) is 5.75 Å². The van der Waals surface area contributed by atoms with Crippen LogP contribution in [0, 0.1) is 16.0 Å². The van der Waals surface area contributed by atoms with E-state index in [1.165, 1.54) is 5.56 Å². The first-order chi connectivity index (χ1) is 12.2. The Balaban J connectivity index is 1.69. The molecule has 128 valence electrons. The smallest absolute Gasteiger partial charge is 0.269 e. The van der Waals surface area contributed by atoms with Gasteiger partial charge < -0.3 is 10.1 Å². The minimum absolute atomic E-state index is 0.127. The quantitative estimate of drug-likeness (QED) is 0.494. The zero-order valence-corrected chi connectivity index (χ0v) is 14.0. The van der Waals surface area contributed by atoms with Crippen molar-refractivity contribution < 1.29 is 9.66 Å². The van der Waals surface area contributed by atoms with Crippen molar-refractivity contribution in [3.63, 3.8) is 0 Å². The number of benzene rings is 2. The van der Waals surface area contributed by atoms with E-state index in [1.54, 1.807) is 12.1 Å². The number of nitro groups is 1. The van der Waals surface area contributed by atoms with Crippen molar-refractivity contribution in [3.8, 4) is 5.75 Å². The van der Waals surface area contributed by atoms with Gasteiger partial charge in [0, 0.05) is 23.7 Å². The number of hydrogen-bond donors (Lipinski definition) is 1. The summed E-state index contributed by atoms with van der Waals surface area (Å²) in [5, 5.41) is 14.5. The molecule has 4 rings (SSSR count). The van der Waals surface area contributed by atoms with Crippen LogP contribution >= 0.6 is 0 Å². The van der Waals surface area contributed by atoms with Crippen LogP contribution in [0.1, 0.15) is 36.4 Å². The van der Waals surface area contributed by atoms with Crippen LogP contribution in [0.15, 0.2) is 54.6 Å². The molecule has 2 aliphatic rings. The maximum absolute atomic E-state index is 10.9. The number of anilines is 1. The van der Waals surface area contributed by atoms with Crippen molar-refractivity contribution in [3.05, 3.63) is 75.9 Å². The summed E-state index contributed by atoms with van der Waals surface area (Å²) in [7, 11) is 0. The third kappa shape index (κ3) is 2.76. The first kappa shape index (κ1) is 15.7. The Bertz CT molecular complexity index is 829. The molecular formula is C20H20N2O3. The summed E-state index contributed by atoms with van der Waals surface area (Å²) >= 11 is 0. The lowest BCUT2D eigenvalue weighted by Gasteiger charge is -2.37. The van der Waals surface area contributed by atoms with Gasteiger partial charge in [-0.15, -0.1) is 0 Å². The van der Waals surface area contributed by atoms with Gasteiger partial charge in [0.15, 0.2) is 0 Å². The molecule has 0 aromatic heterocycles. The molecule has 0 radical (unpaired) electrons. The minimum atomic E-state index is -0.359. The van der Waals surface area contributed by atoms with E-state index in [1.807, 2.05) is 25.1 Å². The first-order valence-corrected chi connectivity index (χ1v) is 8.61. The van der Waals surface area contributed by atoms with E-state index in [0.717, 1.165) is 23.4 Å². The molecule has 3 atom stereocenters. The van der Waals surface area contributed by atoms with Crippen LogP contribution in [-0.2, 0) is 0 Å². The van der Waals surface area contributed by atoms with Crippen LogP contribution in [0.25, 0.3) is 0 Å². The summed E-state index contributed by atoms with van der Waals surface area (Å²) in [6, 6.07) is 13.2. The highest BCUT2D eigenvalue weighted by molar-refractivity contribution is 5.61. The molecule has 2 aromatic rings. The monoisotopic (exact) mass is 336 g/mol. The van der Waals surface area contributed by atoms with Crippen molar-refractivity contribution in [2.45, 2.75) is 25.3 Å². The fourth-order valence-electron chi connectivity index (χ4n) is 3.96. The van der Waals surface area contributed by atoms with Gasteiger partial charge in [-0.1, -0.05) is 24.3 Å². The number of rotatable bonds is 4. The summed E-state index contributed by atoms with van der Waals surface area (Å²) in [5.74, 6) is 1.65. The third-order valence-electron chi connectivity index (χ3n) is 5.11. The van der Waals surface area contributed by atoms with Crippen LogP contribution in [0.3, 0.4) is 0 Å². The number of non-ortho nitro benzene ring substituents is 1. The normalized spacial score (nSPS) is 23.5. The predicted molar refractivity (Wildman–Crippen MR) is 97.1 cm³/mol. The number of nitro benzene ring substituents is 1. The van der Waals surface area contributed by atoms with E-state index in [9.17, 15) is 10.1 Å². The highest BCUT2D eigenvalue weighted by Crippen LogP contribution is 2.50. The maximum Gasteiger partial charge on any atom is 0.269 e. The molecule has 0 fully saturated rings. The molecule has 1 N–H and O–H groups in total. The standard InChI is InChI=1S/C20H20N2O3/c1-2-25-15-10-11-19-18(12-15)16-4-3-5-17(16)20(21-19)13-6-8-14(9-7-13)22(23)24/h3-4,6-12,16-17,20-21H,2,5H2,1H3/t16-,17-,20-/m1/s1. The highest BCUT2D eigenvalue weighted by Gasteiger charge is 2.38. The number of hydrogen-bond acceptors (Lipinski definition) is 4. The van der Waals surface area contributed by atoms with Crippen molar-refractivity contribution in [1.29, 1.82) is 0 Å². The maximum atomic E-state index is 10.9. The number of ether oxygens (including phenoxy) is 1. The van der Waals surface area contributed by atoms with Gasteiger partial charge in [0.2, 0.25) is 0 Å². The Kier molecular flexibility index (Phi) is 3.92. The van der Waals surface area contributed by atoms with Gasteiger partial charge >= 0.3 is 0 Å². The summed E-state index contributed by atoms with van der Waals surface area (Å²) in [5.41, 5.74) is 3.59. The summed E-state index contributed by atoms with van der Waals surface area (Å²) < 4.78 is 5.65. The van der Waals surface area contributed by atoms with Gasteiger partial charge in [-0.3, -0.25) is 10.1 Å². The lowest BCUT2D eigenvalue weighted by atomic mass is 9.77. The number of nitrogens with zero attached hydrogens (tertiary/aromatic N) is 1. The lowest BCUT2D eigenvalue weighted by molar-refractivity contribution is -0.384. The van der Waals surface area contributed by atoms with Crippen molar-refractivity contribution in [2.24, 2.45) is 5.92 Å². The topological polar surface area (TPSA) is 64.4 Å². The van der Waals surface area contributed by atoms with E-state index in [4.69, 9.17) is 4.74 Å². The second-order valence-corrected chi connectivity index (χ2v) is 6.51.